The summed E-state index contributed by atoms with van der Waals surface area (Å²) in [5, 5.41) is 10.8. The molecule has 2 aromatic heterocycles. The summed E-state index contributed by atoms with van der Waals surface area (Å²) in [5.74, 6) is -3.32. The lowest BCUT2D eigenvalue weighted by atomic mass is 9.80. The highest BCUT2D eigenvalue weighted by atomic mass is 19.3. The van der Waals surface area contributed by atoms with Crippen LogP contribution in [0.25, 0.3) is 11.5 Å². The highest BCUT2D eigenvalue weighted by Crippen LogP contribution is 2.43. The molecule has 0 bridgehead atoms. The molecule has 0 atom stereocenters. The molecular formula is C16H18F2N4O3. The third kappa shape index (κ3) is 3.37. The molecule has 0 amide bonds. The molecule has 2 aromatic rings. The van der Waals surface area contributed by atoms with Crippen LogP contribution < -0.4 is 0 Å². The minimum atomic E-state index is -2.80. The summed E-state index contributed by atoms with van der Waals surface area (Å²) in [6, 6.07) is 1.30. The summed E-state index contributed by atoms with van der Waals surface area (Å²) in [6.45, 7) is 0. The first kappa shape index (κ1) is 17.4. The number of rotatable bonds is 3. The monoisotopic (exact) mass is 352 g/mol. The van der Waals surface area contributed by atoms with E-state index in [0.717, 1.165) is 0 Å². The number of nitrogens with zero attached hydrogens (tertiary/aromatic N) is 4. The van der Waals surface area contributed by atoms with Crippen molar-refractivity contribution in [3.05, 3.63) is 30.0 Å². The molecule has 0 spiro atoms. The molecule has 1 aliphatic rings. The maximum atomic E-state index is 13.5. The van der Waals surface area contributed by atoms with Gasteiger partial charge in [0.05, 0.1) is 25.3 Å². The molecule has 0 unspecified atom stereocenters. The van der Waals surface area contributed by atoms with E-state index in [1.54, 1.807) is 17.9 Å². The molecule has 1 saturated carbocycles. The molecule has 25 heavy (non-hydrogen) atoms. The van der Waals surface area contributed by atoms with Crippen molar-refractivity contribution in [2.75, 3.05) is 7.11 Å². The van der Waals surface area contributed by atoms with Crippen LogP contribution >= 0.6 is 0 Å². The lowest BCUT2D eigenvalue weighted by Gasteiger charge is -2.35. The highest BCUT2D eigenvalue weighted by molar-refractivity contribution is 5.87. The number of hydrogen-bond donors (Lipinski definition) is 1. The molecule has 1 aliphatic carbocycles. The largest absolute Gasteiger partial charge is 0.464 e. The second kappa shape index (κ2) is 6.14. The molecule has 1 fully saturated rings. The van der Waals surface area contributed by atoms with Crippen LogP contribution in [-0.2, 0) is 17.4 Å². The summed E-state index contributed by atoms with van der Waals surface area (Å²) in [5.41, 5.74) is -0.929. The molecule has 0 aromatic carbocycles. The van der Waals surface area contributed by atoms with Crippen molar-refractivity contribution in [1.82, 2.24) is 19.5 Å². The second-order valence-corrected chi connectivity index (χ2v) is 6.23. The van der Waals surface area contributed by atoms with Gasteiger partial charge in [0.15, 0.2) is 11.5 Å². The molecule has 7 nitrogen and oxygen atoms in total. The summed E-state index contributed by atoms with van der Waals surface area (Å²) >= 11 is 0. The van der Waals surface area contributed by atoms with E-state index in [-0.39, 0.29) is 30.1 Å². The van der Waals surface area contributed by atoms with Crippen LogP contribution in [0.2, 0.25) is 0 Å². The maximum absolute atomic E-state index is 13.5. The number of imidazole rings is 1. The second-order valence-electron chi connectivity index (χ2n) is 6.23. The van der Waals surface area contributed by atoms with E-state index in [0.29, 0.717) is 5.69 Å². The van der Waals surface area contributed by atoms with E-state index < -0.39 is 30.3 Å². The number of aromatic nitrogens is 4. The Balaban J connectivity index is 2.07. The van der Waals surface area contributed by atoms with Crippen molar-refractivity contribution >= 4 is 5.97 Å². The average molecular weight is 352 g/mol. The quantitative estimate of drug-likeness (QED) is 0.851. The van der Waals surface area contributed by atoms with E-state index in [4.69, 9.17) is 4.74 Å². The van der Waals surface area contributed by atoms with Crippen molar-refractivity contribution in [2.45, 2.75) is 37.2 Å². The molecule has 1 N–H and O–H groups in total. The van der Waals surface area contributed by atoms with Gasteiger partial charge < -0.3 is 14.4 Å². The first-order valence-corrected chi connectivity index (χ1v) is 7.79. The Kier molecular flexibility index (Phi) is 4.28. The standard InChI is InChI=1S/C16H18F2N4O3/c1-22-9-19-8-11(22)13-20-10(14(23)25-2)7-12(21-13)15(24)3-5-16(17,18)6-4-15/h7-9,24H,3-6H2,1-2H3. The van der Waals surface area contributed by atoms with Gasteiger partial charge in [0, 0.05) is 19.9 Å². The fraction of sp³-hybridized carbons (Fsp3) is 0.500. The number of carbonyl (C=O) groups excluding carboxylic acids is 1. The Morgan fingerprint density at radius 1 is 1.28 bits per heavy atom. The Bertz CT molecular complexity index is 796. The third-order valence-corrected chi connectivity index (χ3v) is 4.45. The number of halogens is 2. The molecule has 9 heteroatoms. The Labute approximate surface area is 142 Å². The molecule has 0 radical (unpaired) electrons. The van der Waals surface area contributed by atoms with Gasteiger partial charge in [0.2, 0.25) is 5.92 Å². The summed E-state index contributed by atoms with van der Waals surface area (Å²) < 4.78 is 33.2. The fourth-order valence-corrected chi connectivity index (χ4v) is 2.87. The lowest BCUT2D eigenvalue weighted by Crippen LogP contribution is -2.37. The smallest absolute Gasteiger partial charge is 0.356 e. The number of esters is 1. The van der Waals surface area contributed by atoms with Gasteiger partial charge in [-0.25, -0.2) is 28.5 Å². The van der Waals surface area contributed by atoms with Gasteiger partial charge in [-0.15, -0.1) is 0 Å². The molecule has 2 heterocycles. The predicted octanol–water partition coefficient (Wildman–Crippen LogP) is 2.06. The van der Waals surface area contributed by atoms with Crippen LogP contribution in [0.4, 0.5) is 8.78 Å². The SMILES string of the molecule is COC(=O)c1cc(C2(O)CCC(F)(F)CC2)nc(-c2cncn2C)n1. The van der Waals surface area contributed by atoms with Crippen molar-refractivity contribution in [2.24, 2.45) is 7.05 Å². The van der Waals surface area contributed by atoms with Gasteiger partial charge in [-0.05, 0) is 18.9 Å². The number of aryl methyl sites for hydroxylation is 1. The highest BCUT2D eigenvalue weighted by Gasteiger charge is 2.44. The maximum Gasteiger partial charge on any atom is 0.356 e. The number of aliphatic hydroxyl groups is 1. The average Bonchev–Trinajstić information content (AvgIpc) is 3.02. The molecular weight excluding hydrogens is 334 g/mol. The minimum absolute atomic E-state index is 0.0468. The number of alkyl halides is 2. The van der Waals surface area contributed by atoms with Crippen LogP contribution in [0.1, 0.15) is 41.9 Å². The predicted molar refractivity (Wildman–Crippen MR) is 82.9 cm³/mol. The zero-order valence-corrected chi connectivity index (χ0v) is 13.9. The Morgan fingerprint density at radius 2 is 1.96 bits per heavy atom. The molecule has 0 saturated heterocycles. The van der Waals surface area contributed by atoms with Crippen LogP contribution in [-0.4, -0.2) is 43.6 Å². The van der Waals surface area contributed by atoms with E-state index in [2.05, 4.69) is 15.0 Å². The third-order valence-electron chi connectivity index (χ3n) is 4.45. The molecule has 0 aliphatic heterocycles. The molecule has 3 rings (SSSR count). The van der Waals surface area contributed by atoms with Gasteiger partial charge in [0.1, 0.15) is 11.3 Å². The van der Waals surface area contributed by atoms with Gasteiger partial charge in [-0.1, -0.05) is 0 Å². The van der Waals surface area contributed by atoms with E-state index in [1.807, 2.05) is 0 Å². The Hall–Kier alpha value is -2.42. The van der Waals surface area contributed by atoms with E-state index >= 15 is 0 Å². The number of hydrogen-bond acceptors (Lipinski definition) is 6. The fourth-order valence-electron chi connectivity index (χ4n) is 2.87. The van der Waals surface area contributed by atoms with Gasteiger partial charge in [-0.3, -0.25) is 0 Å². The van der Waals surface area contributed by atoms with Gasteiger partial charge in [0.25, 0.3) is 0 Å². The summed E-state index contributed by atoms with van der Waals surface area (Å²) in [4.78, 5) is 24.4. The normalized spacial score (nSPS) is 18.8. The molecule has 134 valence electrons. The number of ether oxygens (including phenoxy) is 1. The number of carbonyl (C=O) groups is 1. The van der Waals surface area contributed by atoms with Crippen LogP contribution in [0.15, 0.2) is 18.6 Å². The van der Waals surface area contributed by atoms with Crippen molar-refractivity contribution in [3.63, 3.8) is 0 Å². The van der Waals surface area contributed by atoms with Crippen LogP contribution in [0.5, 0.6) is 0 Å². The zero-order chi connectivity index (χ0) is 18.2. The van der Waals surface area contributed by atoms with Crippen LogP contribution in [0, 0.1) is 0 Å². The van der Waals surface area contributed by atoms with E-state index in [1.165, 1.54) is 19.4 Å². The first-order valence-electron chi connectivity index (χ1n) is 7.79. The number of methoxy groups -OCH3 is 1. The summed E-state index contributed by atoms with van der Waals surface area (Å²) in [6.07, 6.45) is 1.87. The van der Waals surface area contributed by atoms with Gasteiger partial charge >= 0.3 is 5.97 Å². The van der Waals surface area contributed by atoms with E-state index in [9.17, 15) is 18.7 Å². The summed E-state index contributed by atoms with van der Waals surface area (Å²) in [7, 11) is 2.94. The van der Waals surface area contributed by atoms with Crippen molar-refractivity contribution in [3.8, 4) is 11.5 Å². The van der Waals surface area contributed by atoms with Crippen molar-refractivity contribution < 1.29 is 23.4 Å². The van der Waals surface area contributed by atoms with Crippen molar-refractivity contribution in [1.29, 1.82) is 0 Å². The lowest BCUT2D eigenvalue weighted by molar-refractivity contribution is -0.108. The zero-order valence-electron chi connectivity index (χ0n) is 13.9. The topological polar surface area (TPSA) is 90.1 Å². The van der Waals surface area contributed by atoms with Crippen LogP contribution in [0.3, 0.4) is 0 Å². The van der Waals surface area contributed by atoms with Gasteiger partial charge in [-0.2, -0.15) is 0 Å². The minimum Gasteiger partial charge on any atom is -0.464 e. The first-order chi connectivity index (χ1) is 11.7. The Morgan fingerprint density at radius 3 is 2.52 bits per heavy atom.